The van der Waals surface area contributed by atoms with E-state index in [2.05, 4.69) is 158 Å². The topological polar surface area (TPSA) is 40.5 Å². The summed E-state index contributed by atoms with van der Waals surface area (Å²) in [6.07, 6.45) is 0. The van der Waals surface area contributed by atoms with E-state index in [1.54, 1.807) is 0 Å². The van der Waals surface area contributed by atoms with Crippen LogP contribution in [0.5, 0.6) is 0 Å². The van der Waals surface area contributed by atoms with Gasteiger partial charge in [0.15, 0.2) is 0 Å². The van der Waals surface area contributed by atoms with Crippen LogP contribution >= 0.6 is 0 Å². The molecule has 0 bridgehead atoms. The average molecular weight is 821 g/mol. The first kappa shape index (κ1) is 37.4. The Kier molecular flexibility index (Phi) is 8.83. The van der Waals surface area contributed by atoms with Gasteiger partial charge in [0.05, 0.1) is 0 Å². The monoisotopic (exact) mass is 822 g/mol. The predicted octanol–water partition coefficient (Wildman–Crippen LogP) is 7.25. The Morgan fingerprint density at radius 2 is 0.692 bits per heavy atom. The molecule has 0 spiro atoms. The predicted molar refractivity (Wildman–Crippen MR) is 222 cm³/mol. The number of fused-ring (bicyclic) bond motifs is 4. The van der Waals surface area contributed by atoms with E-state index in [4.69, 9.17) is 0 Å². The fourth-order valence-electron chi connectivity index (χ4n) is 8.62. The second-order valence-corrected chi connectivity index (χ2v) is 22.2. The van der Waals surface area contributed by atoms with Crippen molar-refractivity contribution >= 4 is 47.8 Å². The van der Waals surface area contributed by atoms with E-state index in [9.17, 15) is 10.2 Å². The molecule has 0 saturated heterocycles. The minimum absolute atomic E-state index is 0.0669. The SMILES string of the molecule is Cc1cc(C)c(C)c(C2(O)c3cc(C(C)(C)C)ccc3[Se]c3cc4c(cc32)[Se]c2ccc(C(C)(C)C)cc2C4(O)c2c(C)c(C)cc(C)c2C)c1C. The van der Waals surface area contributed by atoms with Crippen LogP contribution in [0.1, 0.15) is 131 Å². The molecule has 2 unspecified atom stereocenters. The minimum atomic E-state index is -1.35. The summed E-state index contributed by atoms with van der Waals surface area (Å²) in [4.78, 5) is 0. The summed E-state index contributed by atoms with van der Waals surface area (Å²) in [7, 11) is 0. The Morgan fingerprint density at radius 1 is 0.404 bits per heavy atom. The number of aliphatic hydroxyl groups is 2. The fraction of sp³-hybridized carbons (Fsp3) is 0.375. The van der Waals surface area contributed by atoms with Crippen LogP contribution < -0.4 is 17.8 Å². The van der Waals surface area contributed by atoms with Crippen LogP contribution in [-0.2, 0) is 22.0 Å². The van der Waals surface area contributed by atoms with E-state index in [0.29, 0.717) is 0 Å². The van der Waals surface area contributed by atoms with Crippen molar-refractivity contribution in [1.29, 1.82) is 0 Å². The summed E-state index contributed by atoms with van der Waals surface area (Å²) in [5, 5.41) is 27.7. The van der Waals surface area contributed by atoms with Crippen molar-refractivity contribution in [3.8, 4) is 0 Å². The molecule has 0 saturated carbocycles. The molecule has 52 heavy (non-hydrogen) atoms. The van der Waals surface area contributed by atoms with Gasteiger partial charge in [-0.25, -0.2) is 0 Å². The zero-order chi connectivity index (χ0) is 38.0. The van der Waals surface area contributed by atoms with Gasteiger partial charge in [0.1, 0.15) is 0 Å². The molecule has 0 amide bonds. The van der Waals surface area contributed by atoms with E-state index in [1.165, 1.54) is 42.3 Å². The van der Waals surface area contributed by atoms with Crippen LogP contribution in [-0.4, -0.2) is 40.1 Å². The molecular weight excluding hydrogens is 766 g/mol. The zero-order valence-electron chi connectivity index (χ0n) is 33.5. The summed E-state index contributed by atoms with van der Waals surface area (Å²) in [6, 6.07) is 22.8. The number of benzene rings is 5. The van der Waals surface area contributed by atoms with Crippen LogP contribution in [0.4, 0.5) is 0 Å². The van der Waals surface area contributed by atoms with Crippen molar-refractivity contribution in [2.75, 3.05) is 0 Å². The normalized spacial score (nSPS) is 19.5. The van der Waals surface area contributed by atoms with Gasteiger partial charge in [-0.05, 0) is 0 Å². The van der Waals surface area contributed by atoms with Crippen LogP contribution in [0.15, 0.2) is 60.7 Å². The first-order valence-electron chi connectivity index (χ1n) is 18.5. The molecule has 2 heterocycles. The van der Waals surface area contributed by atoms with Gasteiger partial charge in [0, 0.05) is 0 Å². The third-order valence-corrected chi connectivity index (χ3v) is 17.0. The molecule has 2 aliphatic rings. The molecule has 0 aliphatic carbocycles. The molecule has 2 aliphatic heterocycles. The number of hydrogen-bond donors (Lipinski definition) is 2. The Balaban J connectivity index is 1.61. The zero-order valence-corrected chi connectivity index (χ0v) is 36.9. The molecule has 4 heteroatoms. The summed E-state index contributed by atoms with van der Waals surface area (Å²) < 4.78 is 4.69. The molecule has 5 aromatic rings. The molecule has 0 fully saturated rings. The van der Waals surface area contributed by atoms with Crippen LogP contribution in [0, 0.1) is 55.4 Å². The van der Waals surface area contributed by atoms with E-state index < -0.39 is 11.2 Å². The van der Waals surface area contributed by atoms with Gasteiger partial charge in [-0.1, -0.05) is 0 Å². The van der Waals surface area contributed by atoms with Crippen molar-refractivity contribution in [2.45, 2.75) is 119 Å². The Morgan fingerprint density at radius 3 is 0.981 bits per heavy atom. The third kappa shape index (κ3) is 5.47. The van der Waals surface area contributed by atoms with Crippen molar-refractivity contribution in [3.63, 3.8) is 0 Å². The van der Waals surface area contributed by atoms with Gasteiger partial charge in [-0.2, -0.15) is 0 Å². The number of aryl methyl sites for hydroxylation is 4. The molecule has 0 radical (unpaired) electrons. The third-order valence-electron chi connectivity index (χ3n) is 12.2. The standard InChI is InChI=1S/C48H54O2Se2/c1-25-19-26(2)30(6)43(29(25)5)47(49)35-21-33(45(9,10)11)15-17-39(35)51-41-24-38-42(23-37(41)47)52-40-18-16-34(46(12,13)14)22-36(40)48(38,50)44-31(7)27(3)20-28(4)32(44)8/h15-24,49-50H,1-14H3. The summed E-state index contributed by atoms with van der Waals surface area (Å²) >= 11 is -0.172. The van der Waals surface area contributed by atoms with Crippen molar-refractivity contribution < 1.29 is 10.2 Å². The van der Waals surface area contributed by atoms with Gasteiger partial charge in [0.25, 0.3) is 0 Å². The Bertz CT molecular complexity index is 2120. The Labute approximate surface area is 324 Å². The number of rotatable bonds is 2. The van der Waals surface area contributed by atoms with Gasteiger partial charge < -0.3 is 0 Å². The summed E-state index contributed by atoms with van der Waals surface area (Å²) in [5.41, 5.74) is 14.9. The Hall–Kier alpha value is -2.94. The first-order chi connectivity index (χ1) is 24.1. The van der Waals surface area contributed by atoms with Crippen molar-refractivity contribution in [1.82, 2.24) is 0 Å². The van der Waals surface area contributed by atoms with E-state index in [0.717, 1.165) is 64.6 Å². The van der Waals surface area contributed by atoms with Crippen molar-refractivity contribution in [3.05, 3.63) is 150 Å². The molecule has 2 atom stereocenters. The maximum atomic E-state index is 13.8. The maximum absolute atomic E-state index is 13.8. The van der Waals surface area contributed by atoms with Gasteiger partial charge in [-0.3, -0.25) is 0 Å². The van der Waals surface area contributed by atoms with Crippen LogP contribution in [0.2, 0.25) is 0 Å². The van der Waals surface area contributed by atoms with E-state index in [-0.39, 0.29) is 40.7 Å². The molecular formula is C48H54O2Se2. The van der Waals surface area contributed by atoms with Crippen LogP contribution in [0.3, 0.4) is 0 Å². The molecule has 7 rings (SSSR count). The molecule has 2 N–H and O–H groups in total. The van der Waals surface area contributed by atoms with Gasteiger partial charge in [-0.15, -0.1) is 0 Å². The van der Waals surface area contributed by atoms with Gasteiger partial charge in [0.2, 0.25) is 0 Å². The fourth-order valence-corrected chi connectivity index (χ4v) is 13.6. The van der Waals surface area contributed by atoms with E-state index >= 15 is 0 Å². The molecule has 270 valence electrons. The van der Waals surface area contributed by atoms with E-state index in [1.807, 2.05) is 0 Å². The first-order valence-corrected chi connectivity index (χ1v) is 22.0. The second kappa shape index (κ2) is 12.3. The second-order valence-electron chi connectivity index (χ2n) is 17.7. The summed E-state index contributed by atoms with van der Waals surface area (Å²) in [6.45, 7) is 30.9. The average Bonchev–Trinajstić information content (AvgIpc) is 3.05. The van der Waals surface area contributed by atoms with Crippen LogP contribution in [0.25, 0.3) is 0 Å². The number of hydrogen-bond acceptors (Lipinski definition) is 2. The summed E-state index contributed by atoms with van der Waals surface area (Å²) in [5.74, 6) is 0. The van der Waals surface area contributed by atoms with Gasteiger partial charge >= 0.3 is 327 Å². The quantitative estimate of drug-likeness (QED) is 0.185. The molecule has 2 nitrogen and oxygen atoms in total. The molecule has 0 aromatic heterocycles. The molecule has 5 aromatic carbocycles. The van der Waals surface area contributed by atoms with Crippen molar-refractivity contribution in [2.24, 2.45) is 0 Å².